The summed E-state index contributed by atoms with van der Waals surface area (Å²) in [6.07, 6.45) is -4.57. The minimum Gasteiger partial charge on any atom is -0.352 e. The second kappa shape index (κ2) is 6.80. The van der Waals surface area contributed by atoms with Gasteiger partial charge in [-0.3, -0.25) is 0 Å². The molecule has 140 valence electrons. The number of aromatic nitrogens is 2. The van der Waals surface area contributed by atoms with Gasteiger partial charge < -0.3 is 4.90 Å². The normalized spacial score (nSPS) is 16.7. The molecular weight excluding hydrogens is 376 g/mol. The maximum atomic E-state index is 13.8. The zero-order valence-electron chi connectivity index (χ0n) is 13.3. The van der Waals surface area contributed by atoms with Crippen LogP contribution in [0.25, 0.3) is 0 Å². The second-order valence-corrected chi connectivity index (χ2v) is 7.50. The molecule has 0 saturated carbocycles. The van der Waals surface area contributed by atoms with Crippen molar-refractivity contribution < 1.29 is 26.0 Å². The van der Waals surface area contributed by atoms with Crippen molar-refractivity contribution >= 4 is 15.8 Å². The van der Waals surface area contributed by atoms with Crippen LogP contribution in [0.15, 0.2) is 41.3 Å². The maximum Gasteiger partial charge on any atom is 0.435 e. The van der Waals surface area contributed by atoms with Crippen LogP contribution in [0.3, 0.4) is 0 Å². The van der Waals surface area contributed by atoms with Crippen LogP contribution in [0.2, 0.25) is 0 Å². The number of benzene rings is 1. The molecule has 1 aromatic heterocycles. The first-order valence-corrected chi connectivity index (χ1v) is 9.04. The van der Waals surface area contributed by atoms with Gasteiger partial charge in [0.15, 0.2) is 11.5 Å². The van der Waals surface area contributed by atoms with Crippen LogP contribution in [0.5, 0.6) is 0 Å². The smallest absolute Gasteiger partial charge is 0.352 e. The van der Waals surface area contributed by atoms with Gasteiger partial charge in [-0.1, -0.05) is 12.1 Å². The Morgan fingerprint density at radius 2 is 1.58 bits per heavy atom. The average molecular weight is 390 g/mol. The van der Waals surface area contributed by atoms with E-state index in [9.17, 15) is 26.0 Å². The number of hydrogen-bond donors (Lipinski definition) is 0. The van der Waals surface area contributed by atoms with Crippen LogP contribution in [-0.2, 0) is 16.2 Å². The first kappa shape index (κ1) is 18.5. The fourth-order valence-electron chi connectivity index (χ4n) is 2.60. The van der Waals surface area contributed by atoms with Gasteiger partial charge in [0.2, 0.25) is 10.0 Å². The fraction of sp³-hybridized carbons (Fsp3) is 0.333. The zero-order valence-corrected chi connectivity index (χ0v) is 14.1. The predicted molar refractivity (Wildman–Crippen MR) is 84.4 cm³/mol. The third-order valence-electron chi connectivity index (χ3n) is 3.96. The summed E-state index contributed by atoms with van der Waals surface area (Å²) in [6, 6.07) is 7.11. The summed E-state index contributed by atoms with van der Waals surface area (Å²) >= 11 is 0. The summed E-state index contributed by atoms with van der Waals surface area (Å²) in [7, 11) is -3.98. The summed E-state index contributed by atoms with van der Waals surface area (Å²) in [5.41, 5.74) is -1.10. The maximum absolute atomic E-state index is 13.8. The number of piperazine rings is 1. The second-order valence-electron chi connectivity index (χ2n) is 5.60. The van der Waals surface area contributed by atoms with Crippen LogP contribution < -0.4 is 4.90 Å². The largest absolute Gasteiger partial charge is 0.435 e. The molecule has 0 N–H and O–H groups in total. The summed E-state index contributed by atoms with van der Waals surface area (Å²) in [4.78, 5) is 1.23. The van der Waals surface area contributed by atoms with Crippen LogP contribution in [0, 0.1) is 5.82 Å². The van der Waals surface area contributed by atoms with Crippen molar-refractivity contribution in [1.29, 1.82) is 0 Å². The van der Waals surface area contributed by atoms with Gasteiger partial charge in [-0.05, 0) is 24.3 Å². The van der Waals surface area contributed by atoms with Crippen LogP contribution in [0.4, 0.5) is 23.4 Å². The molecule has 0 unspecified atom stereocenters. The van der Waals surface area contributed by atoms with Crippen molar-refractivity contribution in [2.24, 2.45) is 0 Å². The van der Waals surface area contributed by atoms with Crippen molar-refractivity contribution in [3.05, 3.63) is 47.9 Å². The van der Waals surface area contributed by atoms with Gasteiger partial charge in [-0.25, -0.2) is 12.8 Å². The SMILES string of the molecule is O=S(=O)(c1ccccc1F)N1CCN(c2ccc(C(F)(F)F)nn2)CC1. The quantitative estimate of drug-likeness (QED) is 0.752. The minimum atomic E-state index is -4.57. The first-order chi connectivity index (χ1) is 12.2. The molecule has 2 aromatic rings. The lowest BCUT2D eigenvalue weighted by Crippen LogP contribution is -2.49. The van der Waals surface area contributed by atoms with E-state index < -0.39 is 32.6 Å². The molecule has 6 nitrogen and oxygen atoms in total. The molecule has 0 aliphatic carbocycles. The van der Waals surface area contributed by atoms with E-state index in [1.807, 2.05) is 0 Å². The molecule has 3 rings (SSSR count). The van der Waals surface area contributed by atoms with E-state index in [4.69, 9.17) is 0 Å². The monoisotopic (exact) mass is 390 g/mol. The van der Waals surface area contributed by atoms with Crippen molar-refractivity contribution in [3.8, 4) is 0 Å². The Labute approximate surface area is 147 Å². The molecule has 0 bridgehead atoms. The Balaban J connectivity index is 1.70. The van der Waals surface area contributed by atoms with Gasteiger partial charge in [0.25, 0.3) is 0 Å². The summed E-state index contributed by atoms with van der Waals surface area (Å²) in [5.74, 6) is -0.607. The van der Waals surface area contributed by atoms with E-state index in [0.29, 0.717) is 0 Å². The van der Waals surface area contributed by atoms with Gasteiger partial charge in [0, 0.05) is 26.2 Å². The van der Waals surface area contributed by atoms with E-state index in [1.54, 1.807) is 4.90 Å². The molecule has 2 heterocycles. The van der Waals surface area contributed by atoms with Crippen molar-refractivity contribution in [2.75, 3.05) is 31.1 Å². The van der Waals surface area contributed by atoms with Gasteiger partial charge in [0.1, 0.15) is 10.7 Å². The molecule has 11 heteroatoms. The molecule has 1 aromatic carbocycles. The number of alkyl halides is 3. The summed E-state index contributed by atoms with van der Waals surface area (Å²) in [5, 5.41) is 6.71. The third kappa shape index (κ3) is 3.63. The number of sulfonamides is 1. The van der Waals surface area contributed by atoms with E-state index in [2.05, 4.69) is 10.2 Å². The Kier molecular flexibility index (Phi) is 4.84. The zero-order chi connectivity index (χ0) is 18.9. The Bertz CT molecular complexity index is 879. The Hall–Kier alpha value is -2.27. The Morgan fingerprint density at radius 3 is 2.12 bits per heavy atom. The first-order valence-electron chi connectivity index (χ1n) is 7.60. The van der Waals surface area contributed by atoms with Crippen LogP contribution >= 0.6 is 0 Å². The molecule has 1 aliphatic rings. The molecule has 1 saturated heterocycles. The fourth-order valence-corrected chi connectivity index (χ4v) is 4.08. The van der Waals surface area contributed by atoms with Crippen LogP contribution in [0.1, 0.15) is 5.69 Å². The highest BCUT2D eigenvalue weighted by Gasteiger charge is 2.34. The topological polar surface area (TPSA) is 66.4 Å². The number of anilines is 1. The van der Waals surface area contributed by atoms with E-state index in [-0.39, 0.29) is 32.0 Å². The lowest BCUT2D eigenvalue weighted by atomic mass is 10.3. The molecule has 26 heavy (non-hydrogen) atoms. The standard InChI is InChI=1S/C15H14F4N4O2S/c16-11-3-1-2-4-12(11)26(24,25)23-9-7-22(8-10-23)14-6-5-13(20-21-14)15(17,18)19/h1-6H,7-10H2. The Morgan fingerprint density at radius 1 is 0.923 bits per heavy atom. The molecule has 0 spiro atoms. The molecule has 0 radical (unpaired) electrons. The van der Waals surface area contributed by atoms with Gasteiger partial charge in [-0.15, -0.1) is 10.2 Å². The van der Waals surface area contributed by atoms with E-state index >= 15 is 0 Å². The molecule has 1 fully saturated rings. The van der Waals surface area contributed by atoms with E-state index in [1.165, 1.54) is 24.3 Å². The molecule has 1 aliphatic heterocycles. The van der Waals surface area contributed by atoms with Crippen LogP contribution in [-0.4, -0.2) is 49.1 Å². The lowest BCUT2D eigenvalue weighted by molar-refractivity contribution is -0.141. The molecule has 0 amide bonds. The van der Waals surface area contributed by atoms with Gasteiger partial charge in [0.05, 0.1) is 0 Å². The molecule has 0 atom stereocenters. The van der Waals surface area contributed by atoms with Crippen molar-refractivity contribution in [2.45, 2.75) is 11.1 Å². The van der Waals surface area contributed by atoms with Crippen molar-refractivity contribution in [1.82, 2.24) is 14.5 Å². The third-order valence-corrected chi connectivity index (χ3v) is 5.89. The van der Waals surface area contributed by atoms with Gasteiger partial charge >= 0.3 is 6.18 Å². The average Bonchev–Trinajstić information content (AvgIpc) is 2.61. The summed E-state index contributed by atoms with van der Waals surface area (Å²) in [6.45, 7) is 0.514. The minimum absolute atomic E-state index is 0.0549. The van der Waals surface area contributed by atoms with Gasteiger partial charge in [-0.2, -0.15) is 17.5 Å². The highest BCUT2D eigenvalue weighted by atomic mass is 32.2. The summed E-state index contributed by atoms with van der Waals surface area (Å²) < 4.78 is 77.5. The van der Waals surface area contributed by atoms with E-state index in [0.717, 1.165) is 16.4 Å². The predicted octanol–water partition coefficient (Wildman–Crippen LogP) is 2.15. The lowest BCUT2D eigenvalue weighted by Gasteiger charge is -2.34. The van der Waals surface area contributed by atoms with Crippen molar-refractivity contribution in [3.63, 3.8) is 0 Å². The number of nitrogens with zero attached hydrogens (tertiary/aromatic N) is 4. The number of rotatable bonds is 3. The molecular formula is C15H14F4N4O2S. The highest BCUT2D eigenvalue weighted by Crippen LogP contribution is 2.28. The number of halogens is 4. The highest BCUT2D eigenvalue weighted by molar-refractivity contribution is 7.89. The number of hydrogen-bond acceptors (Lipinski definition) is 5.